The van der Waals surface area contributed by atoms with Crippen LogP contribution in [-0.2, 0) is 6.18 Å². The summed E-state index contributed by atoms with van der Waals surface area (Å²) >= 11 is 5.59. The van der Waals surface area contributed by atoms with Gasteiger partial charge in [0.2, 0.25) is 5.28 Å². The molecule has 1 aromatic heterocycles. The molecule has 1 heterocycles. The number of anilines is 2. The van der Waals surface area contributed by atoms with Crippen LogP contribution in [0.1, 0.15) is 21.5 Å². The first-order valence-electron chi connectivity index (χ1n) is 6.42. The highest BCUT2D eigenvalue weighted by molar-refractivity contribution is 6.28. The number of rotatable bonds is 3. The van der Waals surface area contributed by atoms with Crippen LogP contribution in [-0.4, -0.2) is 22.9 Å². The number of nitrogens with zero attached hydrogens (tertiary/aromatic N) is 2. The standard InChI is InChI=1S/C14H12ClF3N4O/c1-7-4-3-5-9(10(7)12(23)19-2)21-11-8(14(16,17)18)6-20-13(15)22-11/h3-6H,1-2H3,(H,19,23)(H,20,21,22). The van der Waals surface area contributed by atoms with E-state index in [0.717, 1.165) is 0 Å². The number of hydrogen-bond acceptors (Lipinski definition) is 4. The molecule has 2 N–H and O–H groups in total. The van der Waals surface area contributed by atoms with Gasteiger partial charge in [-0.05, 0) is 30.2 Å². The molecule has 23 heavy (non-hydrogen) atoms. The number of carbonyl (C=O) groups excluding carboxylic acids is 1. The number of hydrogen-bond donors (Lipinski definition) is 2. The zero-order valence-corrected chi connectivity index (χ0v) is 12.9. The maximum atomic E-state index is 13.0. The Hall–Kier alpha value is -2.35. The Labute approximate surface area is 134 Å². The fourth-order valence-electron chi connectivity index (χ4n) is 1.99. The predicted octanol–water partition coefficient (Wildman–Crippen LogP) is 3.56. The minimum Gasteiger partial charge on any atom is -0.355 e. The molecule has 122 valence electrons. The lowest BCUT2D eigenvalue weighted by atomic mass is 10.1. The fraction of sp³-hybridized carbons (Fsp3) is 0.214. The molecule has 0 saturated carbocycles. The number of aryl methyl sites for hydroxylation is 1. The minimum absolute atomic E-state index is 0.185. The van der Waals surface area contributed by atoms with Gasteiger partial charge in [0.1, 0.15) is 11.4 Å². The number of halogens is 4. The van der Waals surface area contributed by atoms with Crippen molar-refractivity contribution in [1.82, 2.24) is 15.3 Å². The summed E-state index contributed by atoms with van der Waals surface area (Å²) in [5.74, 6) is -0.951. The average molecular weight is 345 g/mol. The summed E-state index contributed by atoms with van der Waals surface area (Å²) in [7, 11) is 1.43. The predicted molar refractivity (Wildman–Crippen MR) is 79.9 cm³/mol. The molecule has 0 saturated heterocycles. The van der Waals surface area contributed by atoms with E-state index in [0.29, 0.717) is 11.8 Å². The molecule has 0 radical (unpaired) electrons. The van der Waals surface area contributed by atoms with E-state index in [1.807, 2.05) is 0 Å². The van der Waals surface area contributed by atoms with Crippen LogP contribution in [0.25, 0.3) is 0 Å². The molecule has 0 aliphatic heterocycles. The van der Waals surface area contributed by atoms with E-state index >= 15 is 0 Å². The molecule has 0 bridgehead atoms. The second-order valence-corrected chi connectivity index (χ2v) is 4.94. The third-order valence-electron chi connectivity index (χ3n) is 3.04. The van der Waals surface area contributed by atoms with Gasteiger partial charge in [0.05, 0.1) is 11.3 Å². The summed E-state index contributed by atoms with van der Waals surface area (Å²) in [5, 5.41) is 4.63. The van der Waals surface area contributed by atoms with Crippen molar-refractivity contribution in [1.29, 1.82) is 0 Å². The SMILES string of the molecule is CNC(=O)c1c(C)cccc1Nc1nc(Cl)ncc1C(F)(F)F. The number of amides is 1. The van der Waals surface area contributed by atoms with Gasteiger partial charge >= 0.3 is 6.18 Å². The van der Waals surface area contributed by atoms with Crippen molar-refractivity contribution in [2.75, 3.05) is 12.4 Å². The zero-order valence-electron chi connectivity index (χ0n) is 12.1. The minimum atomic E-state index is -4.66. The highest BCUT2D eigenvalue weighted by atomic mass is 35.5. The Morgan fingerprint density at radius 2 is 2.00 bits per heavy atom. The molecule has 0 fully saturated rings. The second-order valence-electron chi connectivity index (χ2n) is 4.60. The molecule has 0 aliphatic carbocycles. The second kappa shape index (κ2) is 6.41. The van der Waals surface area contributed by atoms with Crippen LogP contribution < -0.4 is 10.6 Å². The molecular weight excluding hydrogens is 333 g/mol. The van der Waals surface area contributed by atoms with Gasteiger partial charge in [0.15, 0.2) is 0 Å². The smallest absolute Gasteiger partial charge is 0.355 e. The average Bonchev–Trinajstić information content (AvgIpc) is 2.45. The van der Waals surface area contributed by atoms with Crippen molar-refractivity contribution >= 4 is 29.0 Å². The zero-order chi connectivity index (χ0) is 17.2. The molecule has 0 atom stereocenters. The summed E-state index contributed by atoms with van der Waals surface area (Å²) < 4.78 is 39.1. The molecule has 9 heteroatoms. The Bertz CT molecular complexity index is 749. The molecule has 2 rings (SSSR count). The molecule has 2 aromatic rings. The van der Waals surface area contributed by atoms with E-state index in [9.17, 15) is 18.0 Å². The first-order chi connectivity index (χ1) is 10.7. The van der Waals surface area contributed by atoms with Crippen LogP contribution in [0.4, 0.5) is 24.7 Å². The molecule has 0 spiro atoms. The first kappa shape index (κ1) is 17.0. The van der Waals surface area contributed by atoms with Gasteiger partial charge in [0.25, 0.3) is 5.91 Å². The Morgan fingerprint density at radius 1 is 1.30 bits per heavy atom. The third-order valence-corrected chi connectivity index (χ3v) is 3.23. The van der Waals surface area contributed by atoms with Crippen LogP contribution in [0.3, 0.4) is 0 Å². The van der Waals surface area contributed by atoms with Crippen LogP contribution in [0, 0.1) is 6.92 Å². The summed E-state index contributed by atoms with van der Waals surface area (Å²) in [5.41, 5.74) is -0.0724. The molecule has 0 unspecified atom stereocenters. The van der Waals surface area contributed by atoms with Gasteiger partial charge < -0.3 is 10.6 Å². The van der Waals surface area contributed by atoms with Crippen LogP contribution >= 0.6 is 11.6 Å². The molecular formula is C14H12ClF3N4O. The molecule has 0 aliphatic rings. The van der Waals surface area contributed by atoms with E-state index in [4.69, 9.17) is 11.6 Å². The third kappa shape index (κ3) is 3.70. The van der Waals surface area contributed by atoms with Crippen LogP contribution in [0.5, 0.6) is 0 Å². The maximum Gasteiger partial charge on any atom is 0.421 e. The van der Waals surface area contributed by atoms with E-state index in [1.165, 1.54) is 13.1 Å². The van der Waals surface area contributed by atoms with Crippen LogP contribution in [0.15, 0.2) is 24.4 Å². The van der Waals surface area contributed by atoms with Gasteiger partial charge in [0, 0.05) is 13.2 Å². The number of nitrogens with one attached hydrogen (secondary N) is 2. The topological polar surface area (TPSA) is 66.9 Å². The fourth-order valence-corrected chi connectivity index (χ4v) is 2.12. The van der Waals surface area contributed by atoms with Gasteiger partial charge in [-0.25, -0.2) is 4.98 Å². The summed E-state index contributed by atoms with van der Waals surface area (Å²) in [4.78, 5) is 18.9. The Morgan fingerprint density at radius 3 is 2.61 bits per heavy atom. The van der Waals surface area contributed by atoms with Crippen molar-refractivity contribution < 1.29 is 18.0 Å². The van der Waals surface area contributed by atoms with E-state index in [2.05, 4.69) is 20.6 Å². The van der Waals surface area contributed by atoms with Crippen molar-refractivity contribution in [2.45, 2.75) is 13.1 Å². The van der Waals surface area contributed by atoms with Gasteiger partial charge in [-0.2, -0.15) is 18.2 Å². The number of benzene rings is 1. The van der Waals surface area contributed by atoms with E-state index in [1.54, 1.807) is 19.1 Å². The van der Waals surface area contributed by atoms with Crippen molar-refractivity contribution in [2.24, 2.45) is 0 Å². The number of aromatic nitrogens is 2. The highest BCUT2D eigenvalue weighted by Gasteiger charge is 2.35. The number of carbonyl (C=O) groups is 1. The summed E-state index contributed by atoms with van der Waals surface area (Å²) in [6.45, 7) is 1.67. The summed E-state index contributed by atoms with van der Waals surface area (Å²) in [6.07, 6.45) is -4.07. The summed E-state index contributed by atoms with van der Waals surface area (Å²) in [6, 6.07) is 4.77. The first-order valence-corrected chi connectivity index (χ1v) is 6.80. The van der Waals surface area contributed by atoms with Gasteiger partial charge in [-0.3, -0.25) is 4.79 Å². The Kier molecular flexibility index (Phi) is 4.74. The van der Waals surface area contributed by atoms with Crippen molar-refractivity contribution in [3.63, 3.8) is 0 Å². The quantitative estimate of drug-likeness (QED) is 0.835. The Balaban J connectivity index is 2.55. The van der Waals surface area contributed by atoms with Crippen molar-refractivity contribution in [3.05, 3.63) is 46.4 Å². The molecule has 1 amide bonds. The van der Waals surface area contributed by atoms with Gasteiger partial charge in [-0.15, -0.1) is 0 Å². The normalized spacial score (nSPS) is 11.2. The highest BCUT2D eigenvalue weighted by Crippen LogP contribution is 2.35. The lowest BCUT2D eigenvalue weighted by Crippen LogP contribution is -2.21. The van der Waals surface area contributed by atoms with E-state index in [-0.39, 0.29) is 16.5 Å². The van der Waals surface area contributed by atoms with Gasteiger partial charge in [-0.1, -0.05) is 12.1 Å². The lowest BCUT2D eigenvalue weighted by molar-refractivity contribution is -0.137. The maximum absolute atomic E-state index is 13.0. The monoisotopic (exact) mass is 344 g/mol. The number of alkyl halides is 3. The molecule has 1 aromatic carbocycles. The van der Waals surface area contributed by atoms with Crippen LogP contribution in [0.2, 0.25) is 5.28 Å². The molecule has 5 nitrogen and oxygen atoms in total. The van der Waals surface area contributed by atoms with E-state index < -0.39 is 23.5 Å². The largest absolute Gasteiger partial charge is 0.421 e. The lowest BCUT2D eigenvalue weighted by Gasteiger charge is -2.16. The van der Waals surface area contributed by atoms with Crippen molar-refractivity contribution in [3.8, 4) is 0 Å².